The summed E-state index contributed by atoms with van der Waals surface area (Å²) in [5.74, 6) is 1.67. The molecule has 0 aliphatic heterocycles. The van der Waals surface area contributed by atoms with Crippen molar-refractivity contribution >= 4 is 29.9 Å². The molecule has 1 saturated carbocycles. The lowest BCUT2D eigenvalue weighted by Crippen LogP contribution is -2.44. The average Bonchev–Trinajstić information content (AvgIpc) is 3.16. The van der Waals surface area contributed by atoms with Gasteiger partial charge < -0.3 is 20.1 Å². The predicted octanol–water partition coefficient (Wildman–Crippen LogP) is 1.62. The number of ether oxygens (including phenoxy) is 2. The fourth-order valence-electron chi connectivity index (χ4n) is 1.64. The second-order valence-electron chi connectivity index (χ2n) is 4.87. The summed E-state index contributed by atoms with van der Waals surface area (Å²) in [5.41, 5.74) is 0. The highest BCUT2D eigenvalue weighted by molar-refractivity contribution is 14.0. The highest BCUT2D eigenvalue weighted by Crippen LogP contribution is 2.28. The number of nitrogens with one attached hydrogen (secondary N) is 2. The number of guanidine groups is 1. The summed E-state index contributed by atoms with van der Waals surface area (Å²) in [7, 11) is 3.48. The molecule has 2 N–H and O–H groups in total. The lowest BCUT2D eigenvalue weighted by molar-refractivity contribution is 0.123. The van der Waals surface area contributed by atoms with Crippen molar-refractivity contribution in [3.8, 4) is 0 Å². The van der Waals surface area contributed by atoms with E-state index in [9.17, 15) is 0 Å². The van der Waals surface area contributed by atoms with Crippen LogP contribution in [0.4, 0.5) is 0 Å². The first-order valence-corrected chi connectivity index (χ1v) is 6.80. The molecule has 6 heteroatoms. The number of hydrogen-bond donors (Lipinski definition) is 2. The minimum Gasteiger partial charge on any atom is -0.383 e. The molecule has 19 heavy (non-hydrogen) atoms. The zero-order chi connectivity index (χ0) is 13.2. The first-order valence-electron chi connectivity index (χ1n) is 6.80. The Hall–Kier alpha value is -0.0800. The quantitative estimate of drug-likeness (QED) is 0.274. The first-order chi connectivity index (χ1) is 8.76. The van der Waals surface area contributed by atoms with Crippen LogP contribution in [-0.4, -0.2) is 52.5 Å². The van der Waals surface area contributed by atoms with E-state index < -0.39 is 0 Å². The Morgan fingerprint density at radius 1 is 1.42 bits per heavy atom. The fraction of sp³-hybridized carbons (Fsp3) is 0.923. The zero-order valence-electron chi connectivity index (χ0n) is 12.3. The fourth-order valence-corrected chi connectivity index (χ4v) is 1.64. The number of halogens is 1. The van der Waals surface area contributed by atoms with Crippen molar-refractivity contribution in [2.45, 2.75) is 32.2 Å². The van der Waals surface area contributed by atoms with Gasteiger partial charge in [0.05, 0.1) is 6.61 Å². The van der Waals surface area contributed by atoms with Crippen LogP contribution >= 0.6 is 24.0 Å². The second kappa shape index (κ2) is 11.7. The van der Waals surface area contributed by atoms with E-state index >= 15 is 0 Å². The maximum absolute atomic E-state index is 5.57. The Kier molecular flexibility index (Phi) is 11.7. The van der Waals surface area contributed by atoms with Crippen LogP contribution in [0.25, 0.3) is 0 Å². The molecule has 0 bridgehead atoms. The molecule has 0 aromatic rings. The summed E-state index contributed by atoms with van der Waals surface area (Å²) >= 11 is 0. The van der Waals surface area contributed by atoms with Gasteiger partial charge in [-0.05, 0) is 32.1 Å². The van der Waals surface area contributed by atoms with Crippen LogP contribution in [0.2, 0.25) is 0 Å². The smallest absolute Gasteiger partial charge is 0.191 e. The monoisotopic (exact) mass is 385 g/mol. The van der Waals surface area contributed by atoms with Crippen molar-refractivity contribution in [2.75, 3.05) is 40.5 Å². The summed E-state index contributed by atoms with van der Waals surface area (Å²) in [6.07, 6.45) is 3.71. The average molecular weight is 385 g/mol. The van der Waals surface area contributed by atoms with E-state index in [1.54, 1.807) is 14.2 Å². The van der Waals surface area contributed by atoms with Crippen molar-refractivity contribution in [3.63, 3.8) is 0 Å². The molecule has 5 nitrogen and oxygen atoms in total. The van der Waals surface area contributed by atoms with Gasteiger partial charge in [-0.3, -0.25) is 4.99 Å². The van der Waals surface area contributed by atoms with Gasteiger partial charge in [0.2, 0.25) is 0 Å². The standard InChI is InChI=1S/C13H27N3O2.HI/c1-11(9-17-3)16-13(14-2)15-7-4-8-18-10-12-5-6-12;/h11-12H,4-10H2,1-3H3,(H2,14,15,16);1H. The van der Waals surface area contributed by atoms with Crippen molar-refractivity contribution in [1.82, 2.24) is 10.6 Å². The molecule has 1 atom stereocenters. The number of methoxy groups -OCH3 is 1. The van der Waals surface area contributed by atoms with Crippen molar-refractivity contribution in [1.29, 1.82) is 0 Å². The molecule has 0 saturated heterocycles. The maximum Gasteiger partial charge on any atom is 0.191 e. The summed E-state index contributed by atoms with van der Waals surface area (Å²) in [5, 5.41) is 6.53. The van der Waals surface area contributed by atoms with Gasteiger partial charge in [0.25, 0.3) is 0 Å². The van der Waals surface area contributed by atoms with Gasteiger partial charge in [-0.25, -0.2) is 0 Å². The minimum atomic E-state index is 0. The minimum absolute atomic E-state index is 0. The molecule has 1 aliphatic carbocycles. The van der Waals surface area contributed by atoms with Crippen LogP contribution < -0.4 is 10.6 Å². The molecule has 1 rings (SSSR count). The molecular formula is C13H28IN3O2. The molecule has 0 amide bonds. The van der Waals surface area contributed by atoms with Gasteiger partial charge in [-0.2, -0.15) is 0 Å². The number of aliphatic imine (C=N–C) groups is 1. The Bertz CT molecular complexity index is 248. The van der Waals surface area contributed by atoms with Crippen LogP contribution in [0.1, 0.15) is 26.2 Å². The molecule has 0 spiro atoms. The molecule has 1 fully saturated rings. The van der Waals surface area contributed by atoms with Crippen molar-refractivity contribution < 1.29 is 9.47 Å². The van der Waals surface area contributed by atoms with Gasteiger partial charge in [-0.1, -0.05) is 0 Å². The van der Waals surface area contributed by atoms with Gasteiger partial charge in [-0.15, -0.1) is 24.0 Å². The van der Waals surface area contributed by atoms with E-state index in [1.807, 2.05) is 0 Å². The van der Waals surface area contributed by atoms with Crippen LogP contribution in [0.3, 0.4) is 0 Å². The molecule has 0 aromatic heterocycles. The Balaban J connectivity index is 0.00000324. The van der Waals surface area contributed by atoms with E-state index in [0.717, 1.165) is 38.1 Å². The number of nitrogens with zero attached hydrogens (tertiary/aromatic N) is 1. The largest absolute Gasteiger partial charge is 0.383 e. The number of rotatable bonds is 9. The highest BCUT2D eigenvalue weighted by Gasteiger charge is 2.20. The normalized spacial score (nSPS) is 16.7. The van der Waals surface area contributed by atoms with E-state index in [2.05, 4.69) is 22.5 Å². The van der Waals surface area contributed by atoms with Crippen LogP contribution in [0.5, 0.6) is 0 Å². The summed E-state index contributed by atoms with van der Waals surface area (Å²) in [4.78, 5) is 4.16. The van der Waals surface area contributed by atoms with E-state index in [4.69, 9.17) is 9.47 Å². The summed E-state index contributed by atoms with van der Waals surface area (Å²) in [6.45, 7) is 5.39. The van der Waals surface area contributed by atoms with Crippen LogP contribution in [0.15, 0.2) is 4.99 Å². The van der Waals surface area contributed by atoms with Gasteiger partial charge >= 0.3 is 0 Å². The Morgan fingerprint density at radius 3 is 2.74 bits per heavy atom. The lowest BCUT2D eigenvalue weighted by atomic mass is 10.4. The van der Waals surface area contributed by atoms with E-state index in [0.29, 0.717) is 6.61 Å². The molecule has 0 aromatic carbocycles. The van der Waals surface area contributed by atoms with E-state index in [1.165, 1.54) is 12.8 Å². The van der Waals surface area contributed by atoms with Crippen LogP contribution in [-0.2, 0) is 9.47 Å². The van der Waals surface area contributed by atoms with Crippen molar-refractivity contribution in [2.24, 2.45) is 10.9 Å². The third-order valence-corrected chi connectivity index (χ3v) is 2.83. The molecule has 0 heterocycles. The summed E-state index contributed by atoms with van der Waals surface area (Å²) < 4.78 is 10.6. The second-order valence-corrected chi connectivity index (χ2v) is 4.87. The molecule has 1 unspecified atom stereocenters. The molecule has 114 valence electrons. The first kappa shape index (κ1) is 18.9. The number of hydrogen-bond acceptors (Lipinski definition) is 3. The maximum atomic E-state index is 5.57. The Morgan fingerprint density at radius 2 is 2.16 bits per heavy atom. The van der Waals surface area contributed by atoms with E-state index in [-0.39, 0.29) is 30.0 Å². The zero-order valence-corrected chi connectivity index (χ0v) is 14.6. The highest BCUT2D eigenvalue weighted by atomic mass is 127. The SMILES string of the molecule is CN=C(NCCCOCC1CC1)NC(C)COC.I. The summed E-state index contributed by atoms with van der Waals surface area (Å²) in [6, 6.07) is 0.257. The van der Waals surface area contributed by atoms with Gasteiger partial charge in [0.1, 0.15) is 0 Å². The third kappa shape index (κ3) is 10.4. The predicted molar refractivity (Wildman–Crippen MR) is 89.4 cm³/mol. The van der Waals surface area contributed by atoms with Gasteiger partial charge in [0, 0.05) is 40.0 Å². The molecular weight excluding hydrogens is 357 g/mol. The molecule has 0 radical (unpaired) electrons. The topological polar surface area (TPSA) is 54.9 Å². The lowest BCUT2D eigenvalue weighted by Gasteiger charge is -2.17. The molecule has 1 aliphatic rings. The van der Waals surface area contributed by atoms with Crippen LogP contribution in [0, 0.1) is 5.92 Å². The van der Waals surface area contributed by atoms with Crippen molar-refractivity contribution in [3.05, 3.63) is 0 Å². The third-order valence-electron chi connectivity index (χ3n) is 2.83. The Labute approximate surface area is 133 Å². The van der Waals surface area contributed by atoms with Gasteiger partial charge in [0.15, 0.2) is 5.96 Å².